The molecule has 1 aliphatic rings. The van der Waals surface area contributed by atoms with Crippen LogP contribution in [0.5, 0.6) is 0 Å². The average molecular weight is 311 g/mol. The van der Waals surface area contributed by atoms with Gasteiger partial charge in [0.1, 0.15) is 11.6 Å². The topological polar surface area (TPSA) is 56.7 Å². The molecular formula is C14H16Cl2N4. The molecule has 0 amide bonds. The van der Waals surface area contributed by atoms with Gasteiger partial charge in [-0.05, 0) is 44.4 Å². The van der Waals surface area contributed by atoms with Crippen molar-refractivity contribution in [2.24, 2.45) is 5.73 Å². The fourth-order valence-corrected chi connectivity index (χ4v) is 3.05. The fourth-order valence-electron chi connectivity index (χ4n) is 2.75. The Morgan fingerprint density at radius 2 is 2.05 bits per heavy atom. The minimum atomic E-state index is 0.263. The normalized spacial score (nSPS) is 22.4. The van der Waals surface area contributed by atoms with Crippen molar-refractivity contribution < 1.29 is 0 Å². The van der Waals surface area contributed by atoms with Crippen LogP contribution < -0.4 is 5.73 Å². The predicted octanol–water partition coefficient (Wildman–Crippen LogP) is 3.48. The molecule has 0 spiro atoms. The van der Waals surface area contributed by atoms with Gasteiger partial charge in [-0.1, -0.05) is 23.2 Å². The molecule has 0 aliphatic heterocycles. The van der Waals surface area contributed by atoms with Crippen LogP contribution in [0.4, 0.5) is 0 Å². The van der Waals surface area contributed by atoms with Gasteiger partial charge < -0.3 is 5.73 Å². The second-order valence-corrected chi connectivity index (χ2v) is 6.11. The van der Waals surface area contributed by atoms with E-state index in [1.54, 1.807) is 6.07 Å². The van der Waals surface area contributed by atoms with Crippen molar-refractivity contribution in [2.75, 3.05) is 0 Å². The molecule has 3 rings (SSSR count). The standard InChI is InChI=1S/C14H16Cl2N4/c1-8-18-14(9-2-3-10(17)6-9)20(19-8)11-4-5-12(15)13(16)7-11/h4-5,7,9-10H,2-3,6,17H2,1H3/t9-,10+/m0/s1. The first kappa shape index (κ1) is 13.9. The van der Waals surface area contributed by atoms with E-state index in [0.29, 0.717) is 16.0 Å². The quantitative estimate of drug-likeness (QED) is 0.924. The summed E-state index contributed by atoms with van der Waals surface area (Å²) in [5.74, 6) is 2.08. The van der Waals surface area contributed by atoms with E-state index in [9.17, 15) is 0 Å². The fraction of sp³-hybridized carbons (Fsp3) is 0.429. The summed E-state index contributed by atoms with van der Waals surface area (Å²) in [4.78, 5) is 4.58. The van der Waals surface area contributed by atoms with E-state index in [0.717, 1.165) is 36.6 Å². The number of aromatic nitrogens is 3. The SMILES string of the molecule is Cc1nc([C@H]2CC[C@@H](N)C2)n(-c2ccc(Cl)c(Cl)c2)n1. The van der Waals surface area contributed by atoms with Crippen LogP contribution in [0.15, 0.2) is 18.2 Å². The third-order valence-electron chi connectivity index (χ3n) is 3.72. The van der Waals surface area contributed by atoms with Gasteiger partial charge in [-0.25, -0.2) is 9.67 Å². The lowest BCUT2D eigenvalue weighted by Crippen LogP contribution is -2.15. The molecule has 1 saturated carbocycles. The zero-order chi connectivity index (χ0) is 14.3. The van der Waals surface area contributed by atoms with E-state index >= 15 is 0 Å². The third kappa shape index (κ3) is 2.55. The smallest absolute Gasteiger partial charge is 0.148 e. The molecule has 2 atom stereocenters. The van der Waals surface area contributed by atoms with E-state index in [4.69, 9.17) is 28.9 Å². The maximum absolute atomic E-state index is 6.09. The van der Waals surface area contributed by atoms with E-state index in [1.165, 1.54) is 0 Å². The van der Waals surface area contributed by atoms with E-state index in [-0.39, 0.29) is 6.04 Å². The molecule has 0 bridgehead atoms. The zero-order valence-electron chi connectivity index (χ0n) is 11.2. The summed E-state index contributed by atoms with van der Waals surface area (Å²) in [7, 11) is 0. The first-order valence-electron chi connectivity index (χ1n) is 6.69. The highest BCUT2D eigenvalue weighted by Gasteiger charge is 2.28. The van der Waals surface area contributed by atoms with Gasteiger partial charge in [-0.3, -0.25) is 0 Å². The molecule has 106 valence electrons. The second kappa shape index (κ2) is 5.35. The lowest BCUT2D eigenvalue weighted by molar-refractivity contribution is 0.620. The largest absolute Gasteiger partial charge is 0.328 e. The number of benzene rings is 1. The Kier molecular flexibility index (Phi) is 3.71. The number of halogens is 2. The van der Waals surface area contributed by atoms with Crippen LogP contribution in [0.25, 0.3) is 5.69 Å². The number of hydrogen-bond donors (Lipinski definition) is 1. The van der Waals surface area contributed by atoms with Crippen molar-refractivity contribution in [2.45, 2.75) is 38.1 Å². The Morgan fingerprint density at radius 3 is 2.70 bits per heavy atom. The summed E-state index contributed by atoms with van der Waals surface area (Å²) >= 11 is 12.1. The first-order valence-corrected chi connectivity index (χ1v) is 7.44. The van der Waals surface area contributed by atoms with Crippen molar-refractivity contribution in [3.63, 3.8) is 0 Å². The minimum Gasteiger partial charge on any atom is -0.328 e. The number of nitrogens with two attached hydrogens (primary N) is 1. The third-order valence-corrected chi connectivity index (χ3v) is 4.46. The molecule has 1 aromatic heterocycles. The van der Waals surface area contributed by atoms with Crippen molar-refractivity contribution >= 4 is 23.2 Å². The molecule has 2 aromatic rings. The van der Waals surface area contributed by atoms with E-state index in [2.05, 4.69) is 10.1 Å². The molecule has 6 heteroatoms. The predicted molar refractivity (Wildman–Crippen MR) is 80.7 cm³/mol. The van der Waals surface area contributed by atoms with Crippen molar-refractivity contribution in [3.8, 4) is 5.69 Å². The maximum Gasteiger partial charge on any atom is 0.148 e. The molecule has 1 heterocycles. The highest BCUT2D eigenvalue weighted by Crippen LogP contribution is 2.34. The van der Waals surface area contributed by atoms with Gasteiger partial charge in [0.2, 0.25) is 0 Å². The lowest BCUT2D eigenvalue weighted by Gasteiger charge is -2.11. The van der Waals surface area contributed by atoms with Crippen LogP contribution in [-0.4, -0.2) is 20.8 Å². The summed E-state index contributed by atoms with van der Waals surface area (Å²) in [6.45, 7) is 1.90. The Labute approximate surface area is 127 Å². The van der Waals surface area contributed by atoms with Gasteiger partial charge in [-0.15, -0.1) is 0 Å². The van der Waals surface area contributed by atoms with Crippen molar-refractivity contribution in [1.82, 2.24) is 14.8 Å². The Hall–Kier alpha value is -1.10. The number of hydrogen-bond acceptors (Lipinski definition) is 3. The zero-order valence-corrected chi connectivity index (χ0v) is 12.7. The van der Waals surface area contributed by atoms with Gasteiger partial charge in [0, 0.05) is 12.0 Å². The number of nitrogens with zero attached hydrogens (tertiary/aromatic N) is 3. The molecule has 2 N–H and O–H groups in total. The number of rotatable bonds is 2. The van der Waals surface area contributed by atoms with Gasteiger partial charge in [-0.2, -0.15) is 5.10 Å². The van der Waals surface area contributed by atoms with Crippen LogP contribution in [0.3, 0.4) is 0 Å². The monoisotopic (exact) mass is 310 g/mol. The van der Waals surface area contributed by atoms with Crippen LogP contribution >= 0.6 is 23.2 Å². The molecule has 1 aliphatic carbocycles. The Bertz CT molecular complexity index is 638. The molecule has 1 fully saturated rings. The molecule has 20 heavy (non-hydrogen) atoms. The molecule has 1 aromatic carbocycles. The summed E-state index contributed by atoms with van der Waals surface area (Å²) in [6, 6.07) is 5.76. The number of aryl methyl sites for hydroxylation is 1. The maximum atomic E-state index is 6.09. The summed E-state index contributed by atoms with van der Waals surface area (Å²) in [6.07, 6.45) is 3.05. The van der Waals surface area contributed by atoms with Gasteiger partial charge in [0.05, 0.1) is 15.7 Å². The highest BCUT2D eigenvalue weighted by atomic mass is 35.5. The summed E-state index contributed by atoms with van der Waals surface area (Å²) in [5, 5.41) is 5.54. The van der Waals surface area contributed by atoms with Crippen LogP contribution in [0, 0.1) is 6.92 Å². The molecule has 0 radical (unpaired) electrons. The van der Waals surface area contributed by atoms with E-state index < -0.39 is 0 Å². The molecule has 0 saturated heterocycles. The van der Waals surface area contributed by atoms with Crippen LogP contribution in [0.1, 0.15) is 36.8 Å². The van der Waals surface area contributed by atoms with Gasteiger partial charge >= 0.3 is 0 Å². The van der Waals surface area contributed by atoms with Gasteiger partial charge in [0.15, 0.2) is 0 Å². The second-order valence-electron chi connectivity index (χ2n) is 5.30. The van der Waals surface area contributed by atoms with E-state index in [1.807, 2.05) is 23.7 Å². The summed E-state index contributed by atoms with van der Waals surface area (Å²) < 4.78 is 1.86. The highest BCUT2D eigenvalue weighted by molar-refractivity contribution is 6.42. The Balaban J connectivity index is 2.02. The molecule has 0 unspecified atom stereocenters. The molecular weight excluding hydrogens is 295 g/mol. The average Bonchev–Trinajstić information content (AvgIpc) is 2.99. The minimum absolute atomic E-state index is 0.263. The first-order chi connectivity index (χ1) is 9.54. The Morgan fingerprint density at radius 1 is 1.25 bits per heavy atom. The molecule has 4 nitrogen and oxygen atoms in total. The lowest BCUT2D eigenvalue weighted by atomic mass is 10.1. The van der Waals surface area contributed by atoms with Gasteiger partial charge in [0.25, 0.3) is 0 Å². The van der Waals surface area contributed by atoms with Crippen LogP contribution in [0.2, 0.25) is 10.0 Å². The summed E-state index contributed by atoms with van der Waals surface area (Å²) in [5.41, 5.74) is 6.89. The van der Waals surface area contributed by atoms with Crippen molar-refractivity contribution in [1.29, 1.82) is 0 Å². The van der Waals surface area contributed by atoms with Crippen LogP contribution in [-0.2, 0) is 0 Å². The van der Waals surface area contributed by atoms with Crippen molar-refractivity contribution in [3.05, 3.63) is 39.9 Å².